The Bertz CT molecular complexity index is 2070. The monoisotopic (exact) mass is 1040 g/mol. The number of carboxylic acid groups (broad SMARTS) is 1. The van der Waals surface area contributed by atoms with E-state index >= 15 is 4.79 Å². The average molecular weight is 1040 g/mol. The zero-order valence-electron chi connectivity index (χ0n) is 43.3. The molecule has 0 aromatic carbocycles. The molecule has 9 rings (SSSR count). The molecule has 4 saturated carbocycles. The van der Waals surface area contributed by atoms with Crippen LogP contribution in [-0.4, -0.2) is 198 Å². The number of fused-ring (bicyclic) bond motifs is 7. The fraction of sp³-hybridized carbons (Fsp3) is 0.923. The van der Waals surface area contributed by atoms with Crippen molar-refractivity contribution in [3.63, 3.8) is 0 Å². The Morgan fingerprint density at radius 3 is 1.89 bits per heavy atom. The predicted molar refractivity (Wildman–Crippen MR) is 250 cm³/mol. The molecule has 0 aromatic rings. The molecule has 21 nitrogen and oxygen atoms in total. The summed E-state index contributed by atoms with van der Waals surface area (Å²) >= 11 is 0. The number of aliphatic hydroxyl groups excluding tert-OH is 10. The van der Waals surface area contributed by atoms with Gasteiger partial charge in [0.1, 0.15) is 67.1 Å². The molecular formula is C52H82O21. The first-order valence-corrected chi connectivity index (χ1v) is 26.5. The third kappa shape index (κ3) is 9.06. The SMILES string of the molecule is C[C@@H]1O[C@@H](O[C@H]2[C@H](OC(=O)[C@]34CCC(C)(C)C[C@H]3C3=CC[C@H]5[C@@]6(C)CC[C@H](O[C@@H]7O[C@H](C(=O)O)[C@@H](O)[C@H](O)[C@H]7O)C(C)(C)[C@H]6CC[C@@]5(C)[C@]3(C)CC4)OC[C@@H](O)[C@@H]2O)[C@H](O)[C@H](O)[C@H]1O[C@@H]1OC[C@@H](O)[C@H](O)[C@H]1O. The lowest BCUT2D eigenvalue weighted by Crippen LogP contribution is -2.66. The molecule has 0 amide bonds. The van der Waals surface area contributed by atoms with E-state index in [0.29, 0.717) is 25.7 Å². The van der Waals surface area contributed by atoms with Crippen molar-refractivity contribution in [2.24, 2.45) is 50.2 Å². The van der Waals surface area contributed by atoms with Crippen LogP contribution in [0.15, 0.2) is 11.6 Å². The molecule has 9 aliphatic rings. The molecule has 416 valence electrons. The number of aliphatic hydroxyl groups is 10. The lowest BCUT2D eigenvalue weighted by Gasteiger charge is -2.71. The zero-order valence-corrected chi connectivity index (χ0v) is 43.3. The number of hydrogen-bond acceptors (Lipinski definition) is 20. The number of aliphatic carboxylic acids is 1. The van der Waals surface area contributed by atoms with Gasteiger partial charge in [-0.05, 0) is 116 Å². The molecule has 5 aliphatic carbocycles. The molecule has 4 aliphatic heterocycles. The standard InChI is InChI=1S/C52H82O21/c1-22-38(70-42-35(60)30(55)25(53)20-66-42)34(59)37(62)43(68-22)72-40-31(56)26(54)21-67-45(40)73-46(65)52-17-15-47(2,3)19-24(52)23-9-10-28-49(6)13-12-29(69-44-36(61)32(57)33(58)39(71-44)41(63)64)48(4,5)27(49)11-14-51(28,8)50(23,7)16-18-52/h9,22,24-40,42-45,53-62H,10-21H2,1-8H3,(H,63,64)/t22-,24-,25+,26+,27+,28-,29-,30-,31-,32-,33-,34-,35+,36+,37+,38-,39-,40+,42-,43-,44+,45-,49-,50+,51+,52-/m0/s1. The summed E-state index contributed by atoms with van der Waals surface area (Å²) in [5.41, 5.74) is -0.965. The van der Waals surface area contributed by atoms with Crippen LogP contribution in [-0.2, 0) is 47.5 Å². The van der Waals surface area contributed by atoms with Crippen molar-refractivity contribution >= 4 is 11.9 Å². The van der Waals surface area contributed by atoms with Gasteiger partial charge in [-0.3, -0.25) is 4.79 Å². The summed E-state index contributed by atoms with van der Waals surface area (Å²) in [7, 11) is 0. The van der Waals surface area contributed by atoms with E-state index in [1.165, 1.54) is 12.5 Å². The first-order chi connectivity index (χ1) is 34.0. The number of carboxylic acids is 1. The third-order valence-electron chi connectivity index (χ3n) is 20.6. The maximum Gasteiger partial charge on any atom is 0.335 e. The van der Waals surface area contributed by atoms with Crippen LogP contribution in [0.4, 0.5) is 0 Å². The van der Waals surface area contributed by atoms with E-state index in [1.54, 1.807) is 0 Å². The summed E-state index contributed by atoms with van der Waals surface area (Å²) in [4.78, 5) is 27.1. The number of ether oxygens (including phenoxy) is 8. The van der Waals surface area contributed by atoms with Gasteiger partial charge in [0.05, 0.1) is 30.8 Å². The summed E-state index contributed by atoms with van der Waals surface area (Å²) in [5.74, 6) is -1.79. The van der Waals surface area contributed by atoms with Gasteiger partial charge in [-0.25, -0.2) is 4.79 Å². The normalized spacial score (nSPS) is 53.6. The number of rotatable bonds is 9. The van der Waals surface area contributed by atoms with Crippen molar-refractivity contribution in [1.82, 2.24) is 0 Å². The Hall–Kier alpha value is -2.00. The number of esters is 1. The van der Waals surface area contributed by atoms with Crippen LogP contribution in [0.1, 0.15) is 120 Å². The highest BCUT2D eigenvalue weighted by atomic mass is 16.8. The van der Waals surface area contributed by atoms with Crippen molar-refractivity contribution in [3.05, 3.63) is 11.6 Å². The molecule has 21 heteroatoms. The van der Waals surface area contributed by atoms with Gasteiger partial charge >= 0.3 is 11.9 Å². The van der Waals surface area contributed by atoms with E-state index in [0.717, 1.165) is 38.5 Å². The van der Waals surface area contributed by atoms with Crippen molar-refractivity contribution < 1.29 is 104 Å². The zero-order chi connectivity index (χ0) is 53.3. The van der Waals surface area contributed by atoms with Crippen LogP contribution in [0.25, 0.3) is 0 Å². The van der Waals surface area contributed by atoms with Crippen LogP contribution >= 0.6 is 0 Å². The highest BCUT2D eigenvalue weighted by molar-refractivity contribution is 5.79. The third-order valence-corrected chi connectivity index (χ3v) is 20.6. The minimum Gasteiger partial charge on any atom is -0.479 e. The second-order valence-electron chi connectivity index (χ2n) is 25.4. The fourth-order valence-corrected chi connectivity index (χ4v) is 15.9. The van der Waals surface area contributed by atoms with Gasteiger partial charge in [-0.1, -0.05) is 60.1 Å². The van der Waals surface area contributed by atoms with Gasteiger partial charge in [0.25, 0.3) is 0 Å². The van der Waals surface area contributed by atoms with E-state index < -0.39 is 146 Å². The van der Waals surface area contributed by atoms with E-state index in [9.17, 15) is 61.0 Å². The summed E-state index contributed by atoms with van der Waals surface area (Å²) in [6.45, 7) is 16.7. The maximum atomic E-state index is 15.2. The Morgan fingerprint density at radius 2 is 1.21 bits per heavy atom. The van der Waals surface area contributed by atoms with E-state index in [2.05, 4.69) is 54.5 Å². The van der Waals surface area contributed by atoms with Gasteiger partial charge < -0.3 is 94.1 Å². The smallest absolute Gasteiger partial charge is 0.335 e. The van der Waals surface area contributed by atoms with Gasteiger partial charge in [-0.2, -0.15) is 0 Å². The summed E-state index contributed by atoms with van der Waals surface area (Å²) < 4.78 is 47.4. The second-order valence-corrected chi connectivity index (χ2v) is 25.4. The van der Waals surface area contributed by atoms with Gasteiger partial charge in [0.2, 0.25) is 6.29 Å². The van der Waals surface area contributed by atoms with Gasteiger partial charge in [0, 0.05) is 0 Å². The van der Waals surface area contributed by atoms with E-state index in [-0.39, 0.29) is 46.0 Å². The minimum atomic E-state index is -1.83. The van der Waals surface area contributed by atoms with Crippen molar-refractivity contribution in [2.75, 3.05) is 13.2 Å². The average Bonchev–Trinajstić information content (AvgIpc) is 3.32. The summed E-state index contributed by atoms with van der Waals surface area (Å²) in [6, 6.07) is 0. The molecule has 4 heterocycles. The van der Waals surface area contributed by atoms with Crippen molar-refractivity contribution in [2.45, 2.75) is 236 Å². The number of carbonyl (C=O) groups excluding carboxylic acids is 1. The quantitative estimate of drug-likeness (QED) is 0.0844. The Kier molecular flexibility index (Phi) is 15.1. The van der Waals surface area contributed by atoms with Crippen LogP contribution in [0.5, 0.6) is 0 Å². The first kappa shape index (κ1) is 55.7. The Balaban J connectivity index is 0.928. The van der Waals surface area contributed by atoms with Crippen LogP contribution < -0.4 is 0 Å². The number of hydrogen-bond donors (Lipinski definition) is 11. The molecule has 73 heavy (non-hydrogen) atoms. The highest BCUT2D eigenvalue weighted by Gasteiger charge is 2.70. The number of allylic oxidation sites excluding steroid dienone is 2. The summed E-state index contributed by atoms with van der Waals surface area (Å²) in [6.07, 6.45) is -19.3. The second kappa shape index (κ2) is 19.7. The topological polar surface area (TPSA) is 331 Å². The van der Waals surface area contributed by atoms with E-state index in [4.69, 9.17) is 37.9 Å². The van der Waals surface area contributed by atoms with E-state index in [1.807, 2.05) is 0 Å². The van der Waals surface area contributed by atoms with Crippen LogP contribution in [0.2, 0.25) is 0 Å². The first-order valence-electron chi connectivity index (χ1n) is 26.5. The molecule has 0 aromatic heterocycles. The van der Waals surface area contributed by atoms with Crippen molar-refractivity contribution in [1.29, 1.82) is 0 Å². The number of carbonyl (C=O) groups is 2. The lowest BCUT2D eigenvalue weighted by atomic mass is 9.33. The minimum absolute atomic E-state index is 0.116. The molecule has 0 spiro atoms. The molecule has 4 saturated heterocycles. The molecule has 8 fully saturated rings. The molecule has 26 atom stereocenters. The van der Waals surface area contributed by atoms with Gasteiger partial charge in [0.15, 0.2) is 31.1 Å². The Labute approximate surface area is 426 Å². The fourth-order valence-electron chi connectivity index (χ4n) is 15.9. The Morgan fingerprint density at radius 1 is 0.603 bits per heavy atom. The molecule has 11 N–H and O–H groups in total. The molecular weight excluding hydrogens is 961 g/mol. The molecule has 0 radical (unpaired) electrons. The maximum absolute atomic E-state index is 15.2. The highest BCUT2D eigenvalue weighted by Crippen LogP contribution is 2.76. The van der Waals surface area contributed by atoms with Crippen LogP contribution in [0.3, 0.4) is 0 Å². The predicted octanol–water partition coefficient (Wildman–Crippen LogP) is 0.363. The largest absolute Gasteiger partial charge is 0.479 e. The molecule has 0 unspecified atom stereocenters. The van der Waals surface area contributed by atoms with Gasteiger partial charge in [-0.15, -0.1) is 0 Å². The summed E-state index contributed by atoms with van der Waals surface area (Å²) in [5, 5.41) is 117. The lowest BCUT2D eigenvalue weighted by molar-refractivity contribution is -0.368. The molecule has 0 bridgehead atoms. The van der Waals surface area contributed by atoms with Crippen LogP contribution in [0, 0.1) is 50.2 Å². The van der Waals surface area contributed by atoms with Crippen molar-refractivity contribution in [3.8, 4) is 0 Å².